The summed E-state index contributed by atoms with van der Waals surface area (Å²) in [4.78, 5) is 25.9. The molecule has 2 rings (SSSR count). The van der Waals surface area contributed by atoms with Gasteiger partial charge in [-0.1, -0.05) is 0 Å². The molecule has 0 radical (unpaired) electrons. The molecule has 1 aromatic rings. The van der Waals surface area contributed by atoms with Gasteiger partial charge in [-0.05, 0) is 24.3 Å². The van der Waals surface area contributed by atoms with Crippen LogP contribution in [-0.2, 0) is 9.53 Å². The lowest BCUT2D eigenvalue weighted by molar-refractivity contribution is -0.131. The molecule has 1 saturated heterocycles. The van der Waals surface area contributed by atoms with Gasteiger partial charge in [0.05, 0.1) is 13.2 Å². The molecule has 7 heteroatoms. The maximum absolute atomic E-state index is 12.0. The van der Waals surface area contributed by atoms with Gasteiger partial charge in [0, 0.05) is 43.7 Å². The van der Waals surface area contributed by atoms with Crippen LogP contribution in [-0.4, -0.2) is 62.7 Å². The quantitative estimate of drug-likeness (QED) is 0.724. The van der Waals surface area contributed by atoms with Crippen molar-refractivity contribution in [2.45, 2.75) is 18.9 Å². The summed E-state index contributed by atoms with van der Waals surface area (Å²) in [5, 5.41) is 9.84. The van der Waals surface area contributed by atoms with E-state index in [-0.39, 0.29) is 17.9 Å². The second kappa shape index (κ2) is 8.87. The van der Waals surface area contributed by atoms with Gasteiger partial charge in [0.25, 0.3) is 5.91 Å². The molecule has 0 aromatic carbocycles. The average Bonchev–Trinajstić information content (AvgIpc) is 3.06. The molecule has 2 amide bonds. The van der Waals surface area contributed by atoms with E-state index < -0.39 is 0 Å². The van der Waals surface area contributed by atoms with Crippen molar-refractivity contribution in [3.05, 3.63) is 22.4 Å². The van der Waals surface area contributed by atoms with E-state index in [2.05, 4.69) is 10.6 Å². The van der Waals surface area contributed by atoms with E-state index in [0.29, 0.717) is 38.3 Å². The third-order valence-electron chi connectivity index (χ3n) is 3.73. The third-order valence-corrected chi connectivity index (χ3v) is 4.41. The second-order valence-corrected chi connectivity index (χ2v) is 6.09. The molecule has 1 aliphatic heterocycles. The first-order valence-corrected chi connectivity index (χ1v) is 8.45. The molecule has 0 aliphatic carbocycles. The van der Waals surface area contributed by atoms with E-state index in [1.807, 2.05) is 21.7 Å². The Bertz CT molecular complexity index is 470. The number of carbonyl (C=O) groups excluding carboxylic acids is 2. The Hall–Kier alpha value is -1.44. The molecule has 122 valence electrons. The Labute approximate surface area is 134 Å². The zero-order chi connectivity index (χ0) is 15.8. The molecule has 0 bridgehead atoms. The number of piperidine rings is 1. The first kappa shape index (κ1) is 16.9. The Morgan fingerprint density at radius 3 is 2.82 bits per heavy atom. The molecule has 1 aromatic heterocycles. The largest absolute Gasteiger partial charge is 0.383 e. The number of hydrogen-bond acceptors (Lipinski definition) is 5. The first-order valence-electron chi connectivity index (χ1n) is 7.51. The average molecular weight is 325 g/mol. The van der Waals surface area contributed by atoms with Crippen molar-refractivity contribution in [2.24, 2.45) is 0 Å². The van der Waals surface area contributed by atoms with Crippen molar-refractivity contribution in [1.29, 1.82) is 0 Å². The van der Waals surface area contributed by atoms with Crippen LogP contribution in [0, 0.1) is 0 Å². The third kappa shape index (κ3) is 5.08. The van der Waals surface area contributed by atoms with Crippen LogP contribution >= 0.6 is 11.3 Å². The van der Waals surface area contributed by atoms with E-state index in [1.54, 1.807) is 7.11 Å². The molecule has 2 heterocycles. The fourth-order valence-electron chi connectivity index (χ4n) is 2.42. The van der Waals surface area contributed by atoms with Crippen molar-refractivity contribution in [2.75, 3.05) is 39.9 Å². The zero-order valence-electron chi connectivity index (χ0n) is 12.8. The number of likely N-dealkylation sites (tertiary alicyclic amines) is 1. The lowest BCUT2D eigenvalue weighted by atomic mass is 10.0. The summed E-state index contributed by atoms with van der Waals surface area (Å²) in [6.07, 6.45) is 1.61. The number of thiophene rings is 1. The van der Waals surface area contributed by atoms with Crippen molar-refractivity contribution in [1.82, 2.24) is 15.5 Å². The number of ether oxygens (including phenoxy) is 1. The summed E-state index contributed by atoms with van der Waals surface area (Å²) in [5.41, 5.74) is 0.714. The molecule has 22 heavy (non-hydrogen) atoms. The van der Waals surface area contributed by atoms with Gasteiger partial charge in [-0.25, -0.2) is 0 Å². The van der Waals surface area contributed by atoms with Crippen molar-refractivity contribution in [3.63, 3.8) is 0 Å². The molecule has 2 N–H and O–H groups in total. The van der Waals surface area contributed by atoms with Crippen LogP contribution in [0.1, 0.15) is 23.2 Å². The minimum absolute atomic E-state index is 0.0211. The van der Waals surface area contributed by atoms with Gasteiger partial charge >= 0.3 is 0 Å². The van der Waals surface area contributed by atoms with Crippen LogP contribution < -0.4 is 10.6 Å². The minimum Gasteiger partial charge on any atom is -0.383 e. The standard InChI is InChI=1S/C15H23N3O3S/c1-21-8-5-16-10-14(19)18-6-2-13(3-7-18)17-15(20)12-4-9-22-11-12/h4,9,11,13,16H,2-3,5-8,10H2,1H3,(H,17,20). The summed E-state index contributed by atoms with van der Waals surface area (Å²) < 4.78 is 4.92. The van der Waals surface area contributed by atoms with E-state index in [4.69, 9.17) is 4.74 Å². The lowest BCUT2D eigenvalue weighted by Gasteiger charge is -2.32. The molecular weight excluding hydrogens is 302 g/mol. The van der Waals surface area contributed by atoms with Crippen LogP contribution in [0.25, 0.3) is 0 Å². The van der Waals surface area contributed by atoms with E-state index in [0.717, 1.165) is 12.8 Å². The Morgan fingerprint density at radius 2 is 2.18 bits per heavy atom. The van der Waals surface area contributed by atoms with Gasteiger partial charge < -0.3 is 20.3 Å². The highest BCUT2D eigenvalue weighted by Gasteiger charge is 2.23. The second-order valence-electron chi connectivity index (χ2n) is 5.31. The number of nitrogens with one attached hydrogen (secondary N) is 2. The molecule has 6 nitrogen and oxygen atoms in total. The van der Waals surface area contributed by atoms with Crippen molar-refractivity contribution < 1.29 is 14.3 Å². The number of carbonyl (C=O) groups is 2. The topological polar surface area (TPSA) is 70.7 Å². The van der Waals surface area contributed by atoms with E-state index in [9.17, 15) is 9.59 Å². The van der Waals surface area contributed by atoms with E-state index in [1.165, 1.54) is 11.3 Å². The van der Waals surface area contributed by atoms with Gasteiger partial charge in [0.15, 0.2) is 0 Å². The van der Waals surface area contributed by atoms with Crippen LogP contribution in [0.3, 0.4) is 0 Å². The highest BCUT2D eigenvalue weighted by molar-refractivity contribution is 7.08. The normalized spacial score (nSPS) is 15.8. The minimum atomic E-state index is -0.0211. The van der Waals surface area contributed by atoms with Crippen LogP contribution in [0.2, 0.25) is 0 Å². The molecule has 1 fully saturated rings. The summed E-state index contributed by atoms with van der Waals surface area (Å²) >= 11 is 1.52. The highest BCUT2D eigenvalue weighted by Crippen LogP contribution is 2.12. The fourth-order valence-corrected chi connectivity index (χ4v) is 3.05. The first-order chi connectivity index (χ1) is 10.7. The molecule has 1 aliphatic rings. The van der Waals surface area contributed by atoms with Crippen molar-refractivity contribution >= 4 is 23.2 Å². The maximum Gasteiger partial charge on any atom is 0.252 e. The lowest BCUT2D eigenvalue weighted by Crippen LogP contribution is -2.48. The summed E-state index contributed by atoms with van der Waals surface area (Å²) in [6, 6.07) is 1.97. The fraction of sp³-hybridized carbons (Fsp3) is 0.600. The van der Waals surface area contributed by atoms with Crippen LogP contribution in [0.5, 0.6) is 0 Å². The summed E-state index contributed by atoms with van der Waals surface area (Å²) in [5.74, 6) is 0.0889. The Morgan fingerprint density at radius 1 is 1.41 bits per heavy atom. The van der Waals surface area contributed by atoms with Gasteiger partial charge in [-0.3, -0.25) is 9.59 Å². The van der Waals surface area contributed by atoms with Gasteiger partial charge in [0.2, 0.25) is 5.91 Å². The molecule has 0 saturated carbocycles. The van der Waals surface area contributed by atoms with Crippen molar-refractivity contribution in [3.8, 4) is 0 Å². The molecule has 0 unspecified atom stereocenters. The van der Waals surface area contributed by atoms with Gasteiger partial charge in [-0.15, -0.1) is 0 Å². The number of methoxy groups -OCH3 is 1. The smallest absolute Gasteiger partial charge is 0.252 e. The summed E-state index contributed by atoms with van der Waals surface area (Å²) in [6.45, 7) is 3.01. The molecule has 0 atom stereocenters. The van der Waals surface area contributed by atoms with E-state index >= 15 is 0 Å². The number of rotatable bonds is 7. The Kier molecular flexibility index (Phi) is 6.82. The molecule has 0 spiro atoms. The number of hydrogen-bond donors (Lipinski definition) is 2. The number of nitrogens with zero attached hydrogens (tertiary/aromatic N) is 1. The SMILES string of the molecule is COCCNCC(=O)N1CCC(NC(=O)c2ccsc2)CC1. The zero-order valence-corrected chi connectivity index (χ0v) is 13.7. The number of amides is 2. The van der Waals surface area contributed by atoms with Gasteiger partial charge in [-0.2, -0.15) is 11.3 Å². The van der Waals surface area contributed by atoms with Crippen LogP contribution in [0.4, 0.5) is 0 Å². The highest BCUT2D eigenvalue weighted by atomic mass is 32.1. The predicted octanol–water partition coefficient (Wildman–Crippen LogP) is 0.705. The van der Waals surface area contributed by atoms with Gasteiger partial charge in [0.1, 0.15) is 0 Å². The molecular formula is C15H23N3O3S. The summed E-state index contributed by atoms with van der Waals surface area (Å²) in [7, 11) is 1.64. The van der Waals surface area contributed by atoms with Crippen LogP contribution in [0.15, 0.2) is 16.8 Å². The predicted molar refractivity (Wildman–Crippen MR) is 86.1 cm³/mol. The monoisotopic (exact) mass is 325 g/mol. The Balaban J connectivity index is 1.67. The maximum atomic E-state index is 12.0.